The summed E-state index contributed by atoms with van der Waals surface area (Å²) in [5.41, 5.74) is 7.37. The largest absolute Gasteiger partial charge is 0.386 e. The number of nitrogens with zero attached hydrogens (tertiary/aromatic N) is 2. The van der Waals surface area contributed by atoms with Gasteiger partial charge in [-0.25, -0.2) is 0 Å². The van der Waals surface area contributed by atoms with Crippen molar-refractivity contribution in [2.24, 2.45) is 0 Å². The minimum absolute atomic E-state index is 0.776. The summed E-state index contributed by atoms with van der Waals surface area (Å²) in [6.07, 6.45) is 0. The third-order valence-electron chi connectivity index (χ3n) is 5.68. The number of hydrogen-bond acceptors (Lipinski definition) is 4. The lowest BCUT2D eigenvalue weighted by Gasteiger charge is -2.48. The van der Waals surface area contributed by atoms with Crippen LogP contribution in [0.5, 0.6) is 0 Å². The average Bonchev–Trinajstić information content (AvgIpc) is 2.51. The monoisotopic (exact) mass is 366 g/mol. The summed E-state index contributed by atoms with van der Waals surface area (Å²) in [5, 5.41) is 21.6. The van der Waals surface area contributed by atoms with Crippen LogP contribution in [0.1, 0.15) is 61.1 Å². The number of rotatable bonds is 2. The van der Waals surface area contributed by atoms with Crippen molar-refractivity contribution in [1.29, 1.82) is 0 Å². The molecule has 0 atom stereocenters. The molecule has 2 N–H and O–H groups in total. The molecule has 0 saturated heterocycles. The lowest BCUT2D eigenvalue weighted by Crippen LogP contribution is -2.48. The van der Waals surface area contributed by atoms with Gasteiger partial charge in [-0.1, -0.05) is 35.4 Å². The third-order valence-corrected chi connectivity index (χ3v) is 5.68. The molecule has 0 spiro atoms. The number of aryl methyl sites for hydroxylation is 2. The normalized spacial score (nSPS) is 16.3. The molecule has 0 aromatic heterocycles. The van der Waals surface area contributed by atoms with Gasteiger partial charge in [0.25, 0.3) is 0 Å². The fourth-order valence-corrected chi connectivity index (χ4v) is 4.65. The maximum atomic E-state index is 10.8. The van der Waals surface area contributed by atoms with Crippen molar-refractivity contribution in [3.63, 3.8) is 0 Å². The highest BCUT2D eigenvalue weighted by Crippen LogP contribution is 2.46. The second-order valence-corrected chi connectivity index (χ2v) is 9.30. The van der Waals surface area contributed by atoms with Crippen LogP contribution in [0.4, 0.5) is 11.4 Å². The minimum Gasteiger partial charge on any atom is -0.386 e. The van der Waals surface area contributed by atoms with Crippen molar-refractivity contribution < 1.29 is 10.2 Å². The van der Waals surface area contributed by atoms with Gasteiger partial charge in [0.1, 0.15) is 0 Å². The van der Waals surface area contributed by atoms with Crippen LogP contribution in [0.15, 0.2) is 24.3 Å². The molecule has 0 radical (unpaired) electrons. The van der Waals surface area contributed by atoms with E-state index in [9.17, 15) is 10.2 Å². The van der Waals surface area contributed by atoms with Crippen molar-refractivity contribution in [3.8, 4) is 0 Å². The highest BCUT2D eigenvalue weighted by Gasteiger charge is 2.37. The zero-order valence-corrected chi connectivity index (χ0v) is 17.2. The zero-order valence-electron chi connectivity index (χ0n) is 17.2. The van der Waals surface area contributed by atoms with Gasteiger partial charge in [0.15, 0.2) is 0 Å². The molecule has 2 aliphatic rings. The Balaban J connectivity index is 1.91. The van der Waals surface area contributed by atoms with Gasteiger partial charge < -0.3 is 20.0 Å². The summed E-state index contributed by atoms with van der Waals surface area (Å²) in [7, 11) is 0. The lowest BCUT2D eigenvalue weighted by molar-refractivity contribution is 0.0787. The first-order chi connectivity index (χ1) is 12.4. The van der Waals surface area contributed by atoms with E-state index in [1.54, 1.807) is 0 Å². The Hall–Kier alpha value is -2.04. The number of benzene rings is 2. The molecule has 144 valence electrons. The SMILES string of the molecule is Cc1cc2c(c(C(C)(C)O)c1)N1Cc3cc(C)cc(C(C)(C)O)c3N(C2)C1. The molecule has 2 aromatic rings. The topological polar surface area (TPSA) is 46.9 Å². The summed E-state index contributed by atoms with van der Waals surface area (Å²) in [4.78, 5) is 4.73. The number of fused-ring (bicyclic) bond motifs is 6. The Bertz CT molecular complexity index is 844. The Morgan fingerprint density at radius 1 is 0.704 bits per heavy atom. The molecular formula is C23H30N2O2. The highest BCUT2D eigenvalue weighted by atomic mass is 16.3. The fraction of sp³-hybridized carbons (Fsp3) is 0.478. The molecule has 4 nitrogen and oxygen atoms in total. The molecule has 4 heteroatoms. The van der Waals surface area contributed by atoms with Crippen LogP contribution in [-0.2, 0) is 24.3 Å². The van der Waals surface area contributed by atoms with E-state index in [1.807, 2.05) is 27.7 Å². The van der Waals surface area contributed by atoms with Crippen LogP contribution < -0.4 is 9.80 Å². The molecule has 0 fully saturated rings. The molecule has 0 amide bonds. The van der Waals surface area contributed by atoms with E-state index in [-0.39, 0.29) is 0 Å². The van der Waals surface area contributed by atoms with Crippen molar-refractivity contribution in [1.82, 2.24) is 0 Å². The van der Waals surface area contributed by atoms with Crippen molar-refractivity contribution in [2.45, 2.75) is 65.8 Å². The summed E-state index contributed by atoms with van der Waals surface area (Å²) in [5.74, 6) is 0. The average molecular weight is 367 g/mol. The van der Waals surface area contributed by atoms with Crippen molar-refractivity contribution in [3.05, 3.63) is 57.6 Å². The van der Waals surface area contributed by atoms with E-state index >= 15 is 0 Å². The second-order valence-electron chi connectivity index (χ2n) is 9.30. The summed E-state index contributed by atoms with van der Waals surface area (Å²) in [6.45, 7) is 14.0. The van der Waals surface area contributed by atoms with Gasteiger partial charge in [0.05, 0.1) is 17.9 Å². The smallest absolute Gasteiger partial charge is 0.0910 e. The molecule has 4 rings (SSSR count). The van der Waals surface area contributed by atoms with Crippen LogP contribution in [0, 0.1) is 13.8 Å². The van der Waals surface area contributed by atoms with E-state index in [2.05, 4.69) is 47.9 Å². The van der Waals surface area contributed by atoms with Crippen molar-refractivity contribution >= 4 is 11.4 Å². The first-order valence-corrected chi connectivity index (χ1v) is 9.68. The summed E-state index contributed by atoms with van der Waals surface area (Å²) in [6, 6.07) is 8.68. The number of aliphatic hydroxyl groups is 2. The molecule has 0 saturated carbocycles. The second kappa shape index (κ2) is 5.73. The van der Waals surface area contributed by atoms with Crippen LogP contribution in [0.3, 0.4) is 0 Å². The zero-order chi connectivity index (χ0) is 19.7. The Morgan fingerprint density at radius 2 is 1.07 bits per heavy atom. The van der Waals surface area contributed by atoms with E-state index in [0.29, 0.717) is 0 Å². The molecule has 0 unspecified atom stereocenters. The molecule has 2 aromatic carbocycles. The van der Waals surface area contributed by atoms with E-state index in [4.69, 9.17) is 0 Å². The number of anilines is 2. The maximum absolute atomic E-state index is 10.8. The molecule has 2 aliphatic heterocycles. The molecule has 2 heterocycles. The highest BCUT2D eigenvalue weighted by molar-refractivity contribution is 5.74. The van der Waals surface area contributed by atoms with E-state index in [1.165, 1.54) is 33.6 Å². The lowest BCUT2D eigenvalue weighted by atomic mass is 9.86. The van der Waals surface area contributed by atoms with Gasteiger partial charge >= 0.3 is 0 Å². The third kappa shape index (κ3) is 3.01. The van der Waals surface area contributed by atoms with Gasteiger partial charge in [0, 0.05) is 35.6 Å². The van der Waals surface area contributed by atoms with Crippen LogP contribution in [0.2, 0.25) is 0 Å². The van der Waals surface area contributed by atoms with Gasteiger partial charge in [-0.2, -0.15) is 0 Å². The first-order valence-electron chi connectivity index (χ1n) is 9.68. The van der Waals surface area contributed by atoms with E-state index < -0.39 is 11.2 Å². The van der Waals surface area contributed by atoms with Gasteiger partial charge in [-0.3, -0.25) is 0 Å². The predicted octanol–water partition coefficient (Wildman–Crippen LogP) is 4.06. The number of hydrogen-bond donors (Lipinski definition) is 2. The summed E-state index contributed by atoms with van der Waals surface area (Å²) >= 11 is 0. The molecule has 0 aliphatic carbocycles. The van der Waals surface area contributed by atoms with Crippen LogP contribution in [-0.4, -0.2) is 16.9 Å². The molecule has 2 bridgehead atoms. The Kier molecular flexibility index (Phi) is 3.89. The van der Waals surface area contributed by atoms with Crippen LogP contribution >= 0.6 is 0 Å². The van der Waals surface area contributed by atoms with Gasteiger partial charge in [-0.15, -0.1) is 0 Å². The van der Waals surface area contributed by atoms with Gasteiger partial charge in [0.2, 0.25) is 0 Å². The van der Waals surface area contributed by atoms with Crippen LogP contribution in [0.25, 0.3) is 0 Å². The van der Waals surface area contributed by atoms with E-state index in [0.717, 1.165) is 30.9 Å². The van der Waals surface area contributed by atoms with Crippen molar-refractivity contribution in [2.75, 3.05) is 16.5 Å². The Morgan fingerprint density at radius 3 is 1.41 bits per heavy atom. The first kappa shape index (κ1) is 18.3. The quantitative estimate of drug-likeness (QED) is 0.842. The Labute approximate surface area is 162 Å². The van der Waals surface area contributed by atoms with Gasteiger partial charge in [-0.05, 0) is 52.7 Å². The summed E-state index contributed by atoms with van der Waals surface area (Å²) < 4.78 is 0. The fourth-order valence-electron chi connectivity index (χ4n) is 4.65. The predicted molar refractivity (Wildman–Crippen MR) is 110 cm³/mol. The maximum Gasteiger partial charge on any atom is 0.0910 e. The minimum atomic E-state index is -0.886. The standard InChI is InChI=1S/C23H30N2O2/c1-14-7-16-11-24-13-25(20(16)18(9-14)22(3,4)26)12-17-8-15(2)10-19(21(17)24)23(5,6)27/h7-10,26-27H,11-13H2,1-6H3. The molecule has 27 heavy (non-hydrogen) atoms. The molecular weight excluding hydrogens is 336 g/mol.